The number of anilines is 1. The van der Waals surface area contributed by atoms with Crippen molar-refractivity contribution in [2.24, 2.45) is 5.92 Å². The smallest absolute Gasteiger partial charge is 0.240 e. The van der Waals surface area contributed by atoms with E-state index in [-0.39, 0.29) is 4.90 Å². The zero-order valence-electron chi connectivity index (χ0n) is 11.0. The fourth-order valence-corrected chi connectivity index (χ4v) is 2.31. The lowest BCUT2D eigenvalue weighted by molar-refractivity contribution is 0.569. The highest BCUT2D eigenvalue weighted by Gasteiger charge is 2.10. The van der Waals surface area contributed by atoms with Crippen molar-refractivity contribution in [3.05, 3.63) is 24.3 Å². The first-order valence-corrected chi connectivity index (χ1v) is 7.40. The van der Waals surface area contributed by atoms with Crippen molar-refractivity contribution >= 4 is 15.7 Å². The summed E-state index contributed by atoms with van der Waals surface area (Å²) in [4.78, 5) is 0.277. The molecule has 0 aliphatic rings. The van der Waals surface area contributed by atoms with Crippen LogP contribution in [0.25, 0.3) is 0 Å². The monoisotopic (exact) mass is 271 g/mol. The van der Waals surface area contributed by atoms with Crippen LogP contribution in [0.4, 0.5) is 5.69 Å². The van der Waals surface area contributed by atoms with E-state index in [1.165, 1.54) is 7.05 Å². The Hall–Kier alpha value is -1.11. The molecule has 1 aromatic rings. The van der Waals surface area contributed by atoms with Gasteiger partial charge < -0.3 is 10.6 Å². The molecule has 0 radical (unpaired) electrons. The maximum atomic E-state index is 11.5. The first-order valence-electron chi connectivity index (χ1n) is 5.91. The molecule has 0 aliphatic carbocycles. The lowest BCUT2D eigenvalue weighted by Crippen LogP contribution is -2.22. The van der Waals surface area contributed by atoms with E-state index in [2.05, 4.69) is 22.3 Å². The highest BCUT2D eigenvalue weighted by molar-refractivity contribution is 7.89. The first kappa shape index (κ1) is 14.9. The maximum Gasteiger partial charge on any atom is 0.240 e. The van der Waals surface area contributed by atoms with E-state index in [9.17, 15) is 8.42 Å². The van der Waals surface area contributed by atoms with E-state index in [1.807, 2.05) is 7.05 Å². The summed E-state index contributed by atoms with van der Waals surface area (Å²) >= 11 is 0. The number of hydrogen-bond acceptors (Lipinski definition) is 4. The predicted octanol–water partition coefficient (Wildman–Crippen LogP) is 0.862. The standard InChI is InChI=1S/C12H21N3O2S/c1-10(8-13-2)9-15-11-4-6-12(7-5-11)18(16,17)14-3/h4-7,10,13-15H,8-9H2,1-3H3. The number of sulfonamides is 1. The molecular weight excluding hydrogens is 250 g/mol. The average Bonchev–Trinajstić information content (AvgIpc) is 2.37. The van der Waals surface area contributed by atoms with Gasteiger partial charge in [0.25, 0.3) is 0 Å². The molecule has 6 heteroatoms. The molecule has 5 nitrogen and oxygen atoms in total. The quantitative estimate of drug-likeness (QED) is 0.688. The number of nitrogens with one attached hydrogen (secondary N) is 3. The maximum absolute atomic E-state index is 11.5. The van der Waals surface area contributed by atoms with E-state index < -0.39 is 10.0 Å². The van der Waals surface area contributed by atoms with Crippen LogP contribution in [0, 0.1) is 5.92 Å². The van der Waals surface area contributed by atoms with Gasteiger partial charge in [-0.15, -0.1) is 0 Å². The molecule has 18 heavy (non-hydrogen) atoms. The molecule has 0 saturated carbocycles. The van der Waals surface area contributed by atoms with E-state index in [4.69, 9.17) is 0 Å². The molecule has 1 aromatic carbocycles. The summed E-state index contributed by atoms with van der Waals surface area (Å²) < 4.78 is 25.3. The van der Waals surface area contributed by atoms with Gasteiger partial charge in [-0.3, -0.25) is 0 Å². The molecule has 1 rings (SSSR count). The topological polar surface area (TPSA) is 70.2 Å². The minimum Gasteiger partial charge on any atom is -0.385 e. The van der Waals surface area contributed by atoms with Gasteiger partial charge in [-0.05, 0) is 50.8 Å². The molecule has 0 spiro atoms. The van der Waals surface area contributed by atoms with Crippen LogP contribution < -0.4 is 15.4 Å². The third kappa shape index (κ3) is 4.29. The number of rotatable bonds is 7. The largest absolute Gasteiger partial charge is 0.385 e. The summed E-state index contributed by atoms with van der Waals surface area (Å²) in [5.41, 5.74) is 0.924. The van der Waals surface area contributed by atoms with Gasteiger partial charge in [0.2, 0.25) is 10.0 Å². The highest BCUT2D eigenvalue weighted by atomic mass is 32.2. The van der Waals surface area contributed by atoms with Gasteiger partial charge in [-0.1, -0.05) is 6.92 Å². The Bertz CT molecular complexity index is 457. The Morgan fingerprint density at radius 3 is 2.22 bits per heavy atom. The molecule has 0 bridgehead atoms. The van der Waals surface area contributed by atoms with Crippen molar-refractivity contribution in [2.45, 2.75) is 11.8 Å². The van der Waals surface area contributed by atoms with E-state index >= 15 is 0 Å². The molecule has 0 saturated heterocycles. The Labute approximate surface area is 109 Å². The molecule has 0 fully saturated rings. The van der Waals surface area contributed by atoms with E-state index in [1.54, 1.807) is 24.3 Å². The second-order valence-electron chi connectivity index (χ2n) is 4.28. The predicted molar refractivity (Wildman–Crippen MR) is 74.3 cm³/mol. The van der Waals surface area contributed by atoms with Crippen LogP contribution in [0.1, 0.15) is 6.92 Å². The van der Waals surface area contributed by atoms with Crippen molar-refractivity contribution in [1.29, 1.82) is 0 Å². The molecule has 1 atom stereocenters. The SMILES string of the molecule is CNCC(C)CNc1ccc(S(=O)(=O)NC)cc1. The van der Waals surface area contributed by atoms with Crippen LogP contribution in [0.2, 0.25) is 0 Å². The minimum atomic E-state index is -3.34. The molecule has 3 N–H and O–H groups in total. The lowest BCUT2D eigenvalue weighted by atomic mass is 10.2. The Morgan fingerprint density at radius 1 is 1.11 bits per heavy atom. The van der Waals surface area contributed by atoms with Gasteiger partial charge in [0.1, 0.15) is 0 Å². The normalized spacial score (nSPS) is 13.3. The summed E-state index contributed by atoms with van der Waals surface area (Å²) in [6, 6.07) is 6.74. The molecule has 1 unspecified atom stereocenters. The van der Waals surface area contributed by atoms with Crippen molar-refractivity contribution < 1.29 is 8.42 Å². The third-order valence-corrected chi connectivity index (χ3v) is 4.07. The Kier molecular flexibility index (Phi) is 5.58. The first-order chi connectivity index (χ1) is 8.49. The van der Waals surface area contributed by atoms with Crippen molar-refractivity contribution in [1.82, 2.24) is 10.0 Å². The summed E-state index contributed by atoms with van der Waals surface area (Å²) in [6.45, 7) is 3.93. The van der Waals surface area contributed by atoms with Crippen LogP contribution in [-0.2, 0) is 10.0 Å². The van der Waals surface area contributed by atoms with Crippen LogP contribution in [0.5, 0.6) is 0 Å². The fourth-order valence-electron chi connectivity index (χ4n) is 1.58. The highest BCUT2D eigenvalue weighted by Crippen LogP contribution is 2.13. The number of hydrogen-bond donors (Lipinski definition) is 3. The second kappa shape index (κ2) is 6.72. The van der Waals surface area contributed by atoms with Gasteiger partial charge in [-0.2, -0.15) is 0 Å². The Morgan fingerprint density at radius 2 is 1.72 bits per heavy atom. The fraction of sp³-hybridized carbons (Fsp3) is 0.500. The summed E-state index contributed by atoms with van der Waals surface area (Å²) in [6.07, 6.45) is 0. The van der Waals surface area contributed by atoms with E-state index in [0.717, 1.165) is 18.8 Å². The van der Waals surface area contributed by atoms with Gasteiger partial charge in [0, 0.05) is 12.2 Å². The average molecular weight is 271 g/mol. The zero-order valence-corrected chi connectivity index (χ0v) is 11.8. The Balaban J connectivity index is 2.61. The molecular formula is C12H21N3O2S. The summed E-state index contributed by atoms with van der Waals surface area (Å²) in [5, 5.41) is 6.38. The van der Waals surface area contributed by atoms with Crippen molar-refractivity contribution in [3.63, 3.8) is 0 Å². The zero-order chi connectivity index (χ0) is 13.6. The van der Waals surface area contributed by atoms with Gasteiger partial charge >= 0.3 is 0 Å². The van der Waals surface area contributed by atoms with Crippen LogP contribution in [-0.4, -0.2) is 35.6 Å². The summed E-state index contributed by atoms with van der Waals surface area (Å²) in [5.74, 6) is 0.510. The third-order valence-electron chi connectivity index (χ3n) is 2.64. The van der Waals surface area contributed by atoms with Gasteiger partial charge in [-0.25, -0.2) is 13.1 Å². The minimum absolute atomic E-state index is 0.277. The van der Waals surface area contributed by atoms with Gasteiger partial charge in [0.05, 0.1) is 4.90 Å². The van der Waals surface area contributed by atoms with Gasteiger partial charge in [0.15, 0.2) is 0 Å². The molecule has 0 heterocycles. The molecule has 0 amide bonds. The molecule has 0 aromatic heterocycles. The number of benzene rings is 1. The van der Waals surface area contributed by atoms with E-state index in [0.29, 0.717) is 5.92 Å². The second-order valence-corrected chi connectivity index (χ2v) is 6.16. The van der Waals surface area contributed by atoms with Crippen LogP contribution in [0.15, 0.2) is 29.2 Å². The van der Waals surface area contributed by atoms with Crippen LogP contribution >= 0.6 is 0 Å². The summed E-state index contributed by atoms with van der Waals surface area (Å²) in [7, 11) is -0.0144. The molecule has 0 aliphatic heterocycles. The molecule has 102 valence electrons. The van der Waals surface area contributed by atoms with Crippen LogP contribution in [0.3, 0.4) is 0 Å². The van der Waals surface area contributed by atoms with Crippen molar-refractivity contribution in [2.75, 3.05) is 32.5 Å². The lowest BCUT2D eigenvalue weighted by Gasteiger charge is -2.13. The van der Waals surface area contributed by atoms with Crippen molar-refractivity contribution in [3.8, 4) is 0 Å².